The molecule has 0 rings (SSSR count). The van der Waals surface area contributed by atoms with E-state index >= 15 is 0 Å². The maximum atomic E-state index is 5.83. The summed E-state index contributed by atoms with van der Waals surface area (Å²) in [6.07, 6.45) is 4.80. The molecule has 0 bridgehead atoms. The summed E-state index contributed by atoms with van der Waals surface area (Å²) in [7, 11) is 1.67. The molecule has 0 heterocycles. The summed E-state index contributed by atoms with van der Waals surface area (Å²) >= 11 is 0. The largest absolute Gasteiger partial charge is 0.382 e. The lowest BCUT2D eigenvalue weighted by Gasteiger charge is -2.11. The summed E-state index contributed by atoms with van der Waals surface area (Å²) in [6.45, 7) is 4.16. The Bertz CT molecular complexity index is 98.9. The molecule has 0 aromatic heterocycles. The fourth-order valence-electron chi connectivity index (χ4n) is 1.12. The summed E-state index contributed by atoms with van der Waals surface area (Å²) in [5, 5.41) is 0. The SMILES string of the molecule is CCCCCC(N)COCCOC. The van der Waals surface area contributed by atoms with Gasteiger partial charge in [-0.25, -0.2) is 0 Å². The van der Waals surface area contributed by atoms with Gasteiger partial charge in [0.15, 0.2) is 0 Å². The van der Waals surface area contributed by atoms with Gasteiger partial charge in [-0.1, -0.05) is 26.2 Å². The van der Waals surface area contributed by atoms with Gasteiger partial charge in [-0.15, -0.1) is 0 Å². The Morgan fingerprint density at radius 1 is 1.23 bits per heavy atom. The molecule has 0 aliphatic carbocycles. The van der Waals surface area contributed by atoms with Crippen molar-refractivity contribution in [1.82, 2.24) is 0 Å². The van der Waals surface area contributed by atoms with Crippen LogP contribution in [0.2, 0.25) is 0 Å². The first-order valence-corrected chi connectivity index (χ1v) is 5.13. The first kappa shape index (κ1) is 12.9. The molecule has 0 radical (unpaired) electrons. The summed E-state index contributed by atoms with van der Waals surface area (Å²) in [6, 6.07) is 0.198. The van der Waals surface area contributed by atoms with E-state index in [4.69, 9.17) is 15.2 Å². The zero-order valence-electron chi connectivity index (χ0n) is 8.92. The average molecular weight is 189 g/mol. The molecule has 2 N–H and O–H groups in total. The molecule has 0 saturated carbocycles. The van der Waals surface area contributed by atoms with E-state index < -0.39 is 0 Å². The second kappa shape index (κ2) is 9.96. The molecule has 0 aliphatic heterocycles. The summed E-state index contributed by atoms with van der Waals surface area (Å²) in [5.74, 6) is 0. The van der Waals surface area contributed by atoms with Crippen molar-refractivity contribution >= 4 is 0 Å². The number of nitrogens with two attached hydrogens (primary N) is 1. The number of unbranched alkanes of at least 4 members (excludes halogenated alkanes) is 2. The molecular weight excluding hydrogens is 166 g/mol. The highest BCUT2D eigenvalue weighted by molar-refractivity contribution is 4.59. The second-order valence-electron chi connectivity index (χ2n) is 3.32. The first-order chi connectivity index (χ1) is 6.31. The van der Waals surface area contributed by atoms with E-state index in [2.05, 4.69) is 6.92 Å². The van der Waals surface area contributed by atoms with E-state index in [1.54, 1.807) is 7.11 Å². The van der Waals surface area contributed by atoms with Crippen molar-refractivity contribution in [3.63, 3.8) is 0 Å². The lowest BCUT2D eigenvalue weighted by molar-refractivity contribution is 0.0624. The van der Waals surface area contributed by atoms with Gasteiger partial charge in [0.25, 0.3) is 0 Å². The molecule has 3 heteroatoms. The van der Waals surface area contributed by atoms with Crippen LogP contribution in [0.5, 0.6) is 0 Å². The van der Waals surface area contributed by atoms with Crippen molar-refractivity contribution in [2.24, 2.45) is 5.73 Å². The molecule has 0 saturated heterocycles. The van der Waals surface area contributed by atoms with Crippen LogP contribution in [-0.4, -0.2) is 33.0 Å². The number of rotatable bonds is 9. The van der Waals surface area contributed by atoms with Crippen molar-refractivity contribution in [3.8, 4) is 0 Å². The fourth-order valence-corrected chi connectivity index (χ4v) is 1.12. The third-order valence-corrected chi connectivity index (χ3v) is 1.94. The molecule has 1 unspecified atom stereocenters. The van der Waals surface area contributed by atoms with Crippen LogP contribution in [0.4, 0.5) is 0 Å². The van der Waals surface area contributed by atoms with Crippen molar-refractivity contribution < 1.29 is 9.47 Å². The van der Waals surface area contributed by atoms with Gasteiger partial charge in [0.05, 0.1) is 19.8 Å². The predicted octanol–water partition coefficient (Wildman–Crippen LogP) is 1.56. The highest BCUT2D eigenvalue weighted by Crippen LogP contribution is 2.01. The highest BCUT2D eigenvalue weighted by Gasteiger charge is 2.01. The normalized spacial score (nSPS) is 13.2. The second-order valence-corrected chi connectivity index (χ2v) is 3.32. The topological polar surface area (TPSA) is 44.5 Å². The fraction of sp³-hybridized carbons (Fsp3) is 1.00. The van der Waals surface area contributed by atoms with E-state index in [1.165, 1.54) is 19.3 Å². The van der Waals surface area contributed by atoms with Crippen LogP contribution in [-0.2, 0) is 9.47 Å². The number of hydrogen-bond acceptors (Lipinski definition) is 3. The Kier molecular flexibility index (Phi) is 9.87. The Labute approximate surface area is 81.6 Å². The van der Waals surface area contributed by atoms with E-state index in [1.807, 2.05) is 0 Å². The molecule has 80 valence electrons. The minimum Gasteiger partial charge on any atom is -0.382 e. The maximum Gasteiger partial charge on any atom is 0.0701 e. The minimum absolute atomic E-state index is 0.198. The van der Waals surface area contributed by atoms with E-state index in [-0.39, 0.29) is 6.04 Å². The van der Waals surface area contributed by atoms with Crippen LogP contribution in [0.3, 0.4) is 0 Å². The monoisotopic (exact) mass is 189 g/mol. The summed E-state index contributed by atoms with van der Waals surface area (Å²) in [4.78, 5) is 0. The molecular formula is C10H23NO2. The Balaban J connectivity index is 3.05. The van der Waals surface area contributed by atoms with E-state index in [0.29, 0.717) is 19.8 Å². The average Bonchev–Trinajstić information content (AvgIpc) is 2.13. The zero-order valence-corrected chi connectivity index (χ0v) is 8.92. The van der Waals surface area contributed by atoms with Gasteiger partial charge < -0.3 is 15.2 Å². The summed E-state index contributed by atoms with van der Waals surface area (Å²) in [5.41, 5.74) is 5.83. The van der Waals surface area contributed by atoms with Crippen molar-refractivity contribution in [2.45, 2.75) is 38.6 Å². The number of methoxy groups -OCH3 is 1. The van der Waals surface area contributed by atoms with Crippen LogP contribution < -0.4 is 5.73 Å². The Morgan fingerprint density at radius 3 is 2.62 bits per heavy atom. The molecule has 1 atom stereocenters. The standard InChI is InChI=1S/C10H23NO2/c1-3-4-5-6-10(11)9-13-8-7-12-2/h10H,3-9,11H2,1-2H3. The molecule has 0 spiro atoms. The van der Waals surface area contributed by atoms with Crippen LogP contribution >= 0.6 is 0 Å². The maximum absolute atomic E-state index is 5.83. The molecule has 0 aromatic carbocycles. The molecule has 3 nitrogen and oxygen atoms in total. The lowest BCUT2D eigenvalue weighted by Crippen LogP contribution is -2.26. The lowest BCUT2D eigenvalue weighted by atomic mass is 10.1. The number of ether oxygens (including phenoxy) is 2. The molecule has 0 amide bonds. The van der Waals surface area contributed by atoms with Gasteiger partial charge in [-0.05, 0) is 6.42 Å². The minimum atomic E-state index is 0.198. The van der Waals surface area contributed by atoms with Gasteiger partial charge in [0.2, 0.25) is 0 Å². The van der Waals surface area contributed by atoms with Gasteiger partial charge in [-0.3, -0.25) is 0 Å². The van der Waals surface area contributed by atoms with Crippen LogP contribution in [0, 0.1) is 0 Å². The quantitative estimate of drug-likeness (QED) is 0.560. The van der Waals surface area contributed by atoms with Crippen molar-refractivity contribution in [3.05, 3.63) is 0 Å². The van der Waals surface area contributed by atoms with Gasteiger partial charge >= 0.3 is 0 Å². The molecule has 0 aromatic rings. The van der Waals surface area contributed by atoms with Gasteiger partial charge in [-0.2, -0.15) is 0 Å². The third-order valence-electron chi connectivity index (χ3n) is 1.94. The molecule has 0 aliphatic rings. The van der Waals surface area contributed by atoms with Crippen LogP contribution in [0.1, 0.15) is 32.6 Å². The van der Waals surface area contributed by atoms with Gasteiger partial charge in [0, 0.05) is 13.2 Å². The Morgan fingerprint density at radius 2 is 2.00 bits per heavy atom. The molecule has 13 heavy (non-hydrogen) atoms. The summed E-state index contributed by atoms with van der Waals surface area (Å²) < 4.78 is 10.2. The van der Waals surface area contributed by atoms with E-state index in [9.17, 15) is 0 Å². The molecule has 0 fully saturated rings. The van der Waals surface area contributed by atoms with Crippen LogP contribution in [0.25, 0.3) is 0 Å². The first-order valence-electron chi connectivity index (χ1n) is 5.13. The van der Waals surface area contributed by atoms with Crippen molar-refractivity contribution in [2.75, 3.05) is 26.9 Å². The smallest absolute Gasteiger partial charge is 0.0701 e. The third kappa shape index (κ3) is 9.80. The van der Waals surface area contributed by atoms with Crippen molar-refractivity contribution in [1.29, 1.82) is 0 Å². The highest BCUT2D eigenvalue weighted by atomic mass is 16.5. The predicted molar refractivity (Wildman–Crippen MR) is 54.8 cm³/mol. The number of hydrogen-bond donors (Lipinski definition) is 1. The zero-order chi connectivity index (χ0) is 9.94. The van der Waals surface area contributed by atoms with Gasteiger partial charge in [0.1, 0.15) is 0 Å². The van der Waals surface area contributed by atoms with Crippen LogP contribution in [0.15, 0.2) is 0 Å². The van der Waals surface area contributed by atoms with E-state index in [0.717, 1.165) is 6.42 Å². The Hall–Kier alpha value is -0.120.